The second-order valence-electron chi connectivity index (χ2n) is 8.53. The molecule has 0 bridgehead atoms. The van der Waals surface area contributed by atoms with Gasteiger partial charge in [0.2, 0.25) is 0 Å². The van der Waals surface area contributed by atoms with Gasteiger partial charge >= 0.3 is 0 Å². The van der Waals surface area contributed by atoms with E-state index >= 15 is 0 Å². The highest BCUT2D eigenvalue weighted by molar-refractivity contribution is 5.15. The van der Waals surface area contributed by atoms with Crippen LogP contribution in [0.3, 0.4) is 0 Å². The van der Waals surface area contributed by atoms with Gasteiger partial charge in [0.1, 0.15) is 6.07 Å². The van der Waals surface area contributed by atoms with E-state index in [1.54, 1.807) is 17.1 Å². The molecule has 0 spiro atoms. The van der Waals surface area contributed by atoms with Crippen molar-refractivity contribution in [2.45, 2.75) is 116 Å². The number of rotatable bonds is 21. The van der Waals surface area contributed by atoms with Crippen molar-refractivity contribution >= 4 is 0 Å². The smallest absolute Gasteiger partial charge is 0.158 e. The van der Waals surface area contributed by atoms with E-state index in [9.17, 15) is 5.11 Å². The number of imidazole rings is 1. The average molecular weight is 420 g/mol. The number of unbranched alkanes of at least 4 members (excludes halogenated alkanes) is 15. The Morgan fingerprint density at radius 2 is 1.40 bits per heavy atom. The number of ether oxygens (including phenoxy) is 1. The van der Waals surface area contributed by atoms with Crippen LogP contribution < -0.4 is 0 Å². The Bertz CT molecular complexity index is 539. The number of aliphatic hydroxyl groups excluding tert-OH is 1. The Morgan fingerprint density at radius 3 is 1.83 bits per heavy atom. The molecule has 0 aliphatic carbocycles. The van der Waals surface area contributed by atoms with Crippen molar-refractivity contribution in [3.05, 3.63) is 18.2 Å². The summed E-state index contributed by atoms with van der Waals surface area (Å²) < 4.78 is 7.47. The summed E-state index contributed by atoms with van der Waals surface area (Å²) in [5.41, 5.74) is 0.367. The molecule has 30 heavy (non-hydrogen) atoms. The summed E-state index contributed by atoms with van der Waals surface area (Å²) in [7, 11) is 0. The Morgan fingerprint density at radius 1 is 0.900 bits per heavy atom. The molecular weight excluding hydrogens is 374 g/mol. The van der Waals surface area contributed by atoms with Gasteiger partial charge in [-0.25, -0.2) is 4.98 Å². The lowest BCUT2D eigenvalue weighted by Crippen LogP contribution is -2.18. The summed E-state index contributed by atoms with van der Waals surface area (Å²) in [4.78, 5) is 3.97. The minimum Gasteiger partial charge on any atom is -0.394 e. The highest BCUT2D eigenvalue weighted by Crippen LogP contribution is 2.14. The molecule has 0 aliphatic heterocycles. The monoisotopic (exact) mass is 419 g/mol. The molecule has 0 aromatic carbocycles. The van der Waals surface area contributed by atoms with Crippen molar-refractivity contribution in [1.82, 2.24) is 9.55 Å². The Labute approximate surface area is 184 Å². The highest BCUT2D eigenvalue weighted by Gasteiger charge is 2.10. The van der Waals surface area contributed by atoms with Crippen LogP contribution in [0.25, 0.3) is 0 Å². The topological polar surface area (TPSA) is 71.1 Å². The van der Waals surface area contributed by atoms with Crippen molar-refractivity contribution < 1.29 is 9.84 Å². The number of hydrogen-bond acceptors (Lipinski definition) is 4. The van der Waals surface area contributed by atoms with Crippen LogP contribution in [0, 0.1) is 11.3 Å². The van der Waals surface area contributed by atoms with E-state index in [0.29, 0.717) is 12.3 Å². The van der Waals surface area contributed by atoms with E-state index < -0.39 is 0 Å². The fourth-order valence-electron chi connectivity index (χ4n) is 3.80. The van der Waals surface area contributed by atoms with Gasteiger partial charge in [-0.3, -0.25) is 0 Å². The molecule has 0 radical (unpaired) electrons. The predicted molar refractivity (Wildman–Crippen MR) is 123 cm³/mol. The van der Waals surface area contributed by atoms with Gasteiger partial charge in [-0.05, 0) is 6.42 Å². The van der Waals surface area contributed by atoms with Gasteiger partial charge in [-0.1, -0.05) is 103 Å². The highest BCUT2D eigenvalue weighted by atomic mass is 16.5. The molecule has 5 nitrogen and oxygen atoms in total. The summed E-state index contributed by atoms with van der Waals surface area (Å²) in [5.74, 6) is 0. The molecule has 1 heterocycles. The van der Waals surface area contributed by atoms with Crippen LogP contribution in [0.4, 0.5) is 0 Å². The van der Waals surface area contributed by atoms with E-state index in [1.807, 2.05) is 6.07 Å². The first-order chi connectivity index (χ1) is 14.8. The number of aromatic nitrogens is 2. The van der Waals surface area contributed by atoms with Gasteiger partial charge in [0.15, 0.2) is 5.69 Å². The molecule has 0 fully saturated rings. The van der Waals surface area contributed by atoms with Crippen LogP contribution in [0.5, 0.6) is 0 Å². The van der Waals surface area contributed by atoms with E-state index in [-0.39, 0.29) is 12.6 Å². The van der Waals surface area contributed by atoms with Crippen molar-refractivity contribution in [2.75, 3.05) is 19.8 Å². The summed E-state index contributed by atoms with van der Waals surface area (Å²) in [5, 5.41) is 18.3. The second-order valence-corrected chi connectivity index (χ2v) is 8.53. The minimum atomic E-state index is -0.166. The maximum absolute atomic E-state index is 9.49. The van der Waals surface area contributed by atoms with Crippen LogP contribution in [0.2, 0.25) is 0 Å². The Kier molecular flexibility index (Phi) is 17.4. The summed E-state index contributed by atoms with van der Waals surface area (Å²) in [6.07, 6.45) is 25.1. The van der Waals surface area contributed by atoms with Crippen molar-refractivity contribution in [3.63, 3.8) is 0 Å². The Hall–Kier alpha value is -1.38. The number of aliphatic hydroxyl groups is 1. The predicted octanol–water partition coefficient (Wildman–Crippen LogP) is 6.57. The largest absolute Gasteiger partial charge is 0.394 e. The lowest BCUT2D eigenvalue weighted by molar-refractivity contribution is 0.0746. The fourth-order valence-corrected chi connectivity index (χ4v) is 3.80. The third-order valence-electron chi connectivity index (χ3n) is 5.80. The molecule has 1 aromatic heterocycles. The van der Waals surface area contributed by atoms with Crippen molar-refractivity contribution in [1.29, 1.82) is 5.26 Å². The van der Waals surface area contributed by atoms with Crippen LogP contribution in [-0.2, 0) is 4.74 Å². The standard InChI is InChI=1S/C25H45N3O2/c1-2-3-4-5-6-7-8-9-10-11-12-13-14-15-16-17-18-30-22-25(21-29)28-20-24(19-26)27-23-28/h20,23,25,29H,2-18,21-22H2,1H3/t25-/m0/s1. The first kappa shape index (κ1) is 26.7. The van der Waals surface area contributed by atoms with Gasteiger partial charge in [0, 0.05) is 12.8 Å². The van der Waals surface area contributed by atoms with Crippen molar-refractivity contribution in [2.24, 2.45) is 0 Å². The molecule has 0 aliphatic rings. The molecule has 172 valence electrons. The lowest BCUT2D eigenvalue weighted by atomic mass is 10.0. The normalized spacial score (nSPS) is 12.2. The molecular formula is C25H45N3O2. The maximum Gasteiger partial charge on any atom is 0.158 e. The minimum absolute atomic E-state index is 0.0137. The van der Waals surface area contributed by atoms with E-state index in [2.05, 4.69) is 11.9 Å². The molecule has 0 saturated carbocycles. The van der Waals surface area contributed by atoms with Gasteiger partial charge in [0.25, 0.3) is 0 Å². The van der Waals surface area contributed by atoms with E-state index in [4.69, 9.17) is 10.00 Å². The first-order valence-corrected chi connectivity index (χ1v) is 12.4. The zero-order chi connectivity index (χ0) is 21.7. The number of hydrogen-bond donors (Lipinski definition) is 1. The Balaban J connectivity index is 1.82. The van der Waals surface area contributed by atoms with Gasteiger partial charge in [-0.2, -0.15) is 5.26 Å². The average Bonchev–Trinajstić information content (AvgIpc) is 3.24. The SMILES string of the molecule is CCCCCCCCCCCCCCCCCCOC[C@H](CO)n1cnc(C#N)c1. The molecule has 5 heteroatoms. The summed E-state index contributed by atoms with van der Waals surface area (Å²) in [6.45, 7) is 3.45. The summed E-state index contributed by atoms with van der Waals surface area (Å²) in [6, 6.07) is 1.83. The quantitative estimate of drug-likeness (QED) is 0.229. The van der Waals surface area contributed by atoms with Gasteiger partial charge < -0.3 is 14.4 Å². The summed E-state index contributed by atoms with van der Waals surface area (Å²) >= 11 is 0. The van der Waals surface area contributed by atoms with Crippen LogP contribution in [0.15, 0.2) is 12.5 Å². The third kappa shape index (κ3) is 13.8. The van der Waals surface area contributed by atoms with Crippen LogP contribution in [0.1, 0.15) is 121 Å². The number of nitriles is 1. The lowest BCUT2D eigenvalue weighted by Gasteiger charge is -2.15. The molecule has 1 N–H and O–H groups in total. The van der Waals surface area contributed by atoms with E-state index in [1.165, 1.54) is 96.3 Å². The molecule has 1 aromatic rings. The van der Waals surface area contributed by atoms with Crippen LogP contribution in [-0.4, -0.2) is 34.5 Å². The van der Waals surface area contributed by atoms with Gasteiger partial charge in [0.05, 0.1) is 25.6 Å². The number of nitrogens with zero attached hydrogens (tertiary/aromatic N) is 3. The van der Waals surface area contributed by atoms with E-state index in [0.717, 1.165) is 13.0 Å². The van der Waals surface area contributed by atoms with Crippen molar-refractivity contribution in [3.8, 4) is 6.07 Å². The maximum atomic E-state index is 9.49. The molecule has 0 unspecified atom stereocenters. The zero-order valence-corrected chi connectivity index (χ0v) is 19.4. The third-order valence-corrected chi connectivity index (χ3v) is 5.80. The molecule has 1 rings (SSSR count). The molecule has 1 atom stereocenters. The molecule has 0 amide bonds. The zero-order valence-electron chi connectivity index (χ0n) is 19.4. The second kappa shape index (κ2) is 19.6. The van der Waals surface area contributed by atoms with Gasteiger partial charge in [-0.15, -0.1) is 0 Å². The molecule has 0 saturated heterocycles. The fraction of sp³-hybridized carbons (Fsp3) is 0.840. The van der Waals surface area contributed by atoms with Crippen LogP contribution >= 0.6 is 0 Å². The first-order valence-electron chi connectivity index (χ1n) is 12.4.